The molecule has 0 bridgehead atoms. The van der Waals surface area contributed by atoms with Crippen LogP contribution in [-0.4, -0.2) is 37.7 Å². The Morgan fingerprint density at radius 3 is 2.96 bits per heavy atom. The first kappa shape index (κ1) is 17.3. The van der Waals surface area contributed by atoms with E-state index in [9.17, 15) is 14.0 Å². The van der Waals surface area contributed by atoms with Crippen molar-refractivity contribution in [2.24, 2.45) is 0 Å². The number of carbonyl (C=O) groups excluding carboxylic acids is 2. The third-order valence-corrected chi connectivity index (χ3v) is 5.24. The summed E-state index contributed by atoms with van der Waals surface area (Å²) in [7, 11) is 0. The van der Waals surface area contributed by atoms with Crippen molar-refractivity contribution in [3.8, 4) is 5.69 Å². The maximum Gasteiger partial charge on any atom is 0.231 e. The summed E-state index contributed by atoms with van der Waals surface area (Å²) in [6.45, 7) is 1.80. The van der Waals surface area contributed by atoms with Gasteiger partial charge in [0.25, 0.3) is 0 Å². The van der Waals surface area contributed by atoms with Crippen LogP contribution in [0.1, 0.15) is 28.8 Å². The molecule has 2 aromatic carbocycles. The maximum atomic E-state index is 13.4. The molecule has 0 saturated carbocycles. The smallest absolute Gasteiger partial charge is 0.231 e. The number of rotatable bonds is 5. The fraction of sp³-hybridized carbons (Fsp3) is 0.167. The first-order valence-corrected chi connectivity index (χ1v) is 9.16. The lowest BCUT2D eigenvalue weighted by molar-refractivity contribution is -0.116. The standard InChI is InChI=1S/C18H14FN5O2S/c1-10-14-7-11(5-6-15(14)20-17(10)26)16(25)9-27-18-21-22-23-24(18)13-4-2-3-12(19)8-13/h2-8,10H,9H2,1H3,(H,20,26)/t10-/m1/s1. The topological polar surface area (TPSA) is 89.8 Å². The fourth-order valence-corrected chi connectivity index (χ4v) is 3.63. The molecule has 1 aliphatic rings. The van der Waals surface area contributed by atoms with Crippen molar-refractivity contribution in [2.75, 3.05) is 11.1 Å². The number of nitrogens with one attached hydrogen (secondary N) is 1. The van der Waals surface area contributed by atoms with Crippen molar-refractivity contribution in [3.05, 3.63) is 59.4 Å². The second kappa shape index (κ2) is 6.92. The average molecular weight is 383 g/mol. The van der Waals surface area contributed by atoms with Gasteiger partial charge >= 0.3 is 0 Å². The van der Waals surface area contributed by atoms with Gasteiger partial charge in [-0.15, -0.1) is 5.10 Å². The van der Waals surface area contributed by atoms with Crippen molar-refractivity contribution in [1.82, 2.24) is 20.2 Å². The summed E-state index contributed by atoms with van der Waals surface area (Å²) in [5, 5.41) is 14.5. The van der Waals surface area contributed by atoms with Gasteiger partial charge in [0.15, 0.2) is 5.78 Å². The highest BCUT2D eigenvalue weighted by Gasteiger charge is 2.27. The predicted molar refractivity (Wildman–Crippen MR) is 97.7 cm³/mol. The Morgan fingerprint density at radius 1 is 1.30 bits per heavy atom. The van der Waals surface area contributed by atoms with Crippen LogP contribution in [0.15, 0.2) is 47.6 Å². The number of benzene rings is 2. The Hall–Kier alpha value is -3.07. The SMILES string of the molecule is C[C@H]1C(=O)Nc2ccc(C(=O)CSc3nnnn3-c3cccc(F)c3)cc21. The van der Waals surface area contributed by atoms with Gasteiger partial charge in [-0.3, -0.25) is 9.59 Å². The number of aromatic nitrogens is 4. The van der Waals surface area contributed by atoms with Crippen LogP contribution in [-0.2, 0) is 4.79 Å². The van der Waals surface area contributed by atoms with E-state index in [2.05, 4.69) is 20.8 Å². The number of halogens is 1. The number of amides is 1. The van der Waals surface area contributed by atoms with Crippen molar-refractivity contribution >= 4 is 29.1 Å². The molecule has 3 aromatic rings. The van der Waals surface area contributed by atoms with Crippen LogP contribution in [0.3, 0.4) is 0 Å². The van der Waals surface area contributed by atoms with Crippen LogP contribution in [0.25, 0.3) is 5.69 Å². The van der Waals surface area contributed by atoms with Gasteiger partial charge < -0.3 is 5.32 Å². The van der Waals surface area contributed by atoms with Gasteiger partial charge in [0.05, 0.1) is 17.4 Å². The largest absolute Gasteiger partial charge is 0.325 e. The average Bonchev–Trinajstić information content (AvgIpc) is 3.24. The third kappa shape index (κ3) is 3.33. The Bertz CT molecular complexity index is 1050. The van der Waals surface area contributed by atoms with E-state index in [1.807, 2.05) is 0 Å². The van der Waals surface area contributed by atoms with Crippen LogP contribution >= 0.6 is 11.8 Å². The molecule has 1 aliphatic heterocycles. The van der Waals surface area contributed by atoms with Crippen molar-refractivity contribution < 1.29 is 14.0 Å². The maximum absolute atomic E-state index is 13.4. The van der Waals surface area contributed by atoms with E-state index in [1.165, 1.54) is 16.8 Å². The quantitative estimate of drug-likeness (QED) is 0.538. The molecule has 4 rings (SSSR count). The monoisotopic (exact) mass is 383 g/mol. The van der Waals surface area contributed by atoms with E-state index < -0.39 is 5.82 Å². The molecular weight excluding hydrogens is 369 g/mol. The number of anilines is 1. The molecule has 2 heterocycles. The second-order valence-corrected chi connectivity index (χ2v) is 7.02. The molecule has 27 heavy (non-hydrogen) atoms. The van der Waals surface area contributed by atoms with Crippen LogP contribution < -0.4 is 5.32 Å². The van der Waals surface area contributed by atoms with Gasteiger partial charge in [-0.1, -0.05) is 17.8 Å². The lowest BCUT2D eigenvalue weighted by Crippen LogP contribution is -2.08. The number of carbonyl (C=O) groups is 2. The molecule has 1 N–H and O–H groups in total. The van der Waals surface area contributed by atoms with Gasteiger partial charge in [-0.25, -0.2) is 4.39 Å². The molecule has 0 fully saturated rings. The van der Waals surface area contributed by atoms with Crippen molar-refractivity contribution in [2.45, 2.75) is 18.0 Å². The minimum Gasteiger partial charge on any atom is -0.325 e. The van der Waals surface area contributed by atoms with Crippen molar-refractivity contribution in [3.63, 3.8) is 0 Å². The highest BCUT2D eigenvalue weighted by Crippen LogP contribution is 2.33. The van der Waals surface area contributed by atoms with Gasteiger partial charge in [0.2, 0.25) is 11.1 Å². The minimum absolute atomic E-state index is 0.0711. The molecule has 136 valence electrons. The molecule has 0 radical (unpaired) electrons. The van der Waals surface area contributed by atoms with Crippen LogP contribution in [0.4, 0.5) is 10.1 Å². The lowest BCUT2D eigenvalue weighted by atomic mass is 9.99. The first-order chi connectivity index (χ1) is 13.0. The third-order valence-electron chi connectivity index (χ3n) is 4.32. The van der Waals surface area contributed by atoms with E-state index in [4.69, 9.17) is 0 Å². The molecule has 1 aromatic heterocycles. The number of nitrogens with zero attached hydrogens (tertiary/aromatic N) is 4. The summed E-state index contributed by atoms with van der Waals surface area (Å²) < 4.78 is 14.8. The van der Waals surface area contributed by atoms with Gasteiger partial charge in [0.1, 0.15) is 5.82 Å². The predicted octanol–water partition coefficient (Wildman–Crippen LogP) is 2.83. The number of ketones is 1. The first-order valence-electron chi connectivity index (χ1n) is 8.18. The normalized spacial score (nSPS) is 15.5. The van der Waals surface area contributed by atoms with E-state index in [0.29, 0.717) is 16.4 Å². The highest BCUT2D eigenvalue weighted by atomic mass is 32.2. The Balaban J connectivity index is 1.50. The van der Waals surface area contributed by atoms with E-state index in [-0.39, 0.29) is 23.4 Å². The number of hydrogen-bond donors (Lipinski definition) is 1. The summed E-state index contributed by atoms with van der Waals surface area (Å²) in [5.41, 5.74) is 2.56. The Morgan fingerprint density at radius 2 is 2.15 bits per heavy atom. The summed E-state index contributed by atoms with van der Waals surface area (Å²) in [5.74, 6) is -0.739. The summed E-state index contributed by atoms with van der Waals surface area (Å²) in [6, 6.07) is 11.1. The van der Waals surface area contributed by atoms with Crippen molar-refractivity contribution in [1.29, 1.82) is 0 Å². The Labute approximate surface area is 158 Å². The number of fused-ring (bicyclic) bond motifs is 1. The molecule has 0 saturated heterocycles. The van der Waals surface area contributed by atoms with Gasteiger partial charge in [0, 0.05) is 11.3 Å². The van der Waals surface area contributed by atoms with Gasteiger partial charge in [-0.05, 0) is 59.3 Å². The lowest BCUT2D eigenvalue weighted by Gasteiger charge is -2.06. The summed E-state index contributed by atoms with van der Waals surface area (Å²) in [4.78, 5) is 24.3. The zero-order chi connectivity index (χ0) is 19.0. The number of tetrazole rings is 1. The number of hydrogen-bond acceptors (Lipinski definition) is 6. The second-order valence-electron chi connectivity index (χ2n) is 6.08. The fourth-order valence-electron chi connectivity index (χ4n) is 2.84. The molecule has 1 atom stereocenters. The van der Waals surface area contributed by atoms with E-state index >= 15 is 0 Å². The summed E-state index contributed by atoms with van der Waals surface area (Å²) in [6.07, 6.45) is 0. The molecule has 1 amide bonds. The molecule has 9 heteroatoms. The van der Waals surface area contributed by atoms with Gasteiger partial charge in [-0.2, -0.15) is 4.68 Å². The molecule has 0 spiro atoms. The molecule has 0 aliphatic carbocycles. The highest BCUT2D eigenvalue weighted by molar-refractivity contribution is 7.99. The number of Topliss-reactive ketones (excluding diaryl/α,β-unsaturated/α-hetero) is 1. The minimum atomic E-state index is -0.398. The van der Waals surface area contributed by atoms with E-state index in [1.54, 1.807) is 37.3 Å². The van der Waals surface area contributed by atoms with Crippen LogP contribution in [0.5, 0.6) is 0 Å². The summed E-state index contributed by atoms with van der Waals surface area (Å²) >= 11 is 1.16. The number of thioether (sulfide) groups is 1. The zero-order valence-electron chi connectivity index (χ0n) is 14.2. The Kier molecular flexibility index (Phi) is 4.44. The molecule has 7 nitrogen and oxygen atoms in total. The molecule has 0 unspecified atom stereocenters. The zero-order valence-corrected chi connectivity index (χ0v) is 15.0. The molecular formula is C18H14FN5O2S. The van der Waals surface area contributed by atoms with Crippen LogP contribution in [0, 0.1) is 5.82 Å². The van der Waals surface area contributed by atoms with E-state index in [0.717, 1.165) is 23.0 Å². The van der Waals surface area contributed by atoms with Crippen LogP contribution in [0.2, 0.25) is 0 Å².